The zero-order valence-electron chi connectivity index (χ0n) is 19.0. The first-order valence-corrected chi connectivity index (χ1v) is 12.8. The SMILES string of the molecule is CCCN1C(=O)/C(=c2\sc3n(c2=O)[C@@H](c2cccs2)C(C(=O)OCC)=C(C)N=3)c2ccccc21. The Morgan fingerprint density at radius 1 is 1.15 bits per heavy atom. The third-order valence-corrected chi connectivity index (χ3v) is 7.88. The number of hydrogen-bond donors (Lipinski definition) is 0. The summed E-state index contributed by atoms with van der Waals surface area (Å²) in [5.74, 6) is -0.668. The van der Waals surface area contributed by atoms with Gasteiger partial charge in [0.15, 0.2) is 4.80 Å². The van der Waals surface area contributed by atoms with Gasteiger partial charge in [0.1, 0.15) is 10.6 Å². The highest BCUT2D eigenvalue weighted by molar-refractivity contribution is 7.10. The lowest BCUT2D eigenvalue weighted by molar-refractivity contribution is -0.139. The first-order valence-electron chi connectivity index (χ1n) is 11.1. The fourth-order valence-electron chi connectivity index (χ4n) is 4.50. The molecular weight excluding hydrogens is 470 g/mol. The van der Waals surface area contributed by atoms with E-state index in [1.165, 1.54) is 27.2 Å². The summed E-state index contributed by atoms with van der Waals surface area (Å²) in [6.07, 6.45) is 0.801. The number of allylic oxidation sites excluding steroid dienone is 1. The second-order valence-electron chi connectivity index (χ2n) is 7.99. The summed E-state index contributed by atoms with van der Waals surface area (Å²) in [6.45, 7) is 6.31. The Morgan fingerprint density at radius 3 is 2.65 bits per heavy atom. The van der Waals surface area contributed by atoms with Crippen molar-refractivity contribution >= 4 is 45.8 Å². The minimum Gasteiger partial charge on any atom is -0.463 e. The summed E-state index contributed by atoms with van der Waals surface area (Å²) in [5.41, 5.74) is 2.50. The van der Waals surface area contributed by atoms with Crippen LogP contribution in [0.5, 0.6) is 0 Å². The molecule has 0 bridgehead atoms. The number of carbonyl (C=O) groups is 2. The number of thiazole rings is 1. The van der Waals surface area contributed by atoms with Gasteiger partial charge in [0.05, 0.1) is 29.1 Å². The standard InChI is InChI=1S/C25H23N3O4S2/c1-4-12-27-16-10-7-6-9-15(16)19(22(27)29)21-23(30)28-20(17-11-8-13-33-17)18(24(31)32-5-2)14(3)26-25(28)34-21/h6-11,13,20H,4-5,12H2,1-3H3/b21-19-/t20-/m0/s1. The molecule has 1 atom stereocenters. The fraction of sp³-hybridized carbons (Fsp3) is 0.280. The largest absolute Gasteiger partial charge is 0.463 e. The maximum atomic E-state index is 13.9. The van der Waals surface area contributed by atoms with Gasteiger partial charge in [0, 0.05) is 17.0 Å². The van der Waals surface area contributed by atoms with Crippen LogP contribution < -0.4 is 19.8 Å². The van der Waals surface area contributed by atoms with E-state index >= 15 is 0 Å². The molecule has 9 heteroatoms. The number of para-hydroxylation sites is 1. The highest BCUT2D eigenvalue weighted by Crippen LogP contribution is 2.36. The zero-order chi connectivity index (χ0) is 24.0. The topological polar surface area (TPSA) is 81.0 Å². The van der Waals surface area contributed by atoms with Gasteiger partial charge < -0.3 is 9.64 Å². The molecule has 34 heavy (non-hydrogen) atoms. The van der Waals surface area contributed by atoms with E-state index < -0.39 is 12.0 Å². The molecule has 2 aliphatic heterocycles. The van der Waals surface area contributed by atoms with Crippen LogP contribution >= 0.6 is 22.7 Å². The lowest BCUT2D eigenvalue weighted by atomic mass is 10.0. The number of benzene rings is 1. The molecule has 0 saturated carbocycles. The van der Waals surface area contributed by atoms with Crippen LogP contribution in [-0.2, 0) is 14.3 Å². The molecule has 7 nitrogen and oxygen atoms in total. The molecule has 0 aliphatic carbocycles. The van der Waals surface area contributed by atoms with Gasteiger partial charge in [-0.1, -0.05) is 42.5 Å². The number of thiophene rings is 1. The van der Waals surface area contributed by atoms with Crippen LogP contribution in [-0.4, -0.2) is 29.6 Å². The molecular formula is C25H23N3O4S2. The molecule has 174 valence electrons. The Morgan fingerprint density at radius 2 is 1.94 bits per heavy atom. The quantitative estimate of drug-likeness (QED) is 0.512. The molecule has 2 aliphatic rings. The molecule has 0 spiro atoms. The summed E-state index contributed by atoms with van der Waals surface area (Å²) < 4.78 is 7.20. The van der Waals surface area contributed by atoms with E-state index in [1.54, 1.807) is 18.7 Å². The summed E-state index contributed by atoms with van der Waals surface area (Å²) >= 11 is 2.66. The van der Waals surface area contributed by atoms with Gasteiger partial charge in [0.25, 0.3) is 11.5 Å². The highest BCUT2D eigenvalue weighted by atomic mass is 32.1. The first-order chi connectivity index (χ1) is 16.5. The minimum atomic E-state index is -0.650. The van der Waals surface area contributed by atoms with Crippen LogP contribution in [0.4, 0.5) is 5.69 Å². The van der Waals surface area contributed by atoms with Gasteiger partial charge in [-0.05, 0) is 37.8 Å². The minimum absolute atomic E-state index is 0.178. The average Bonchev–Trinajstić information content (AvgIpc) is 3.52. The molecule has 0 saturated heterocycles. The van der Waals surface area contributed by atoms with Gasteiger partial charge in [0.2, 0.25) is 0 Å². The number of ether oxygens (including phenoxy) is 1. The van der Waals surface area contributed by atoms with E-state index in [1.807, 2.05) is 48.7 Å². The third-order valence-electron chi connectivity index (χ3n) is 5.90. The number of fused-ring (bicyclic) bond motifs is 2. The van der Waals surface area contributed by atoms with Crippen LogP contribution in [0.25, 0.3) is 5.57 Å². The number of aromatic nitrogens is 1. The van der Waals surface area contributed by atoms with Crippen LogP contribution in [0, 0.1) is 0 Å². The number of nitrogens with zero attached hydrogens (tertiary/aromatic N) is 3. The van der Waals surface area contributed by atoms with Crippen molar-refractivity contribution in [2.45, 2.75) is 33.2 Å². The van der Waals surface area contributed by atoms with Crippen molar-refractivity contribution in [3.8, 4) is 0 Å². The van der Waals surface area contributed by atoms with E-state index in [2.05, 4.69) is 4.99 Å². The van der Waals surface area contributed by atoms with Crippen molar-refractivity contribution < 1.29 is 14.3 Å². The molecule has 2 aromatic heterocycles. The van der Waals surface area contributed by atoms with E-state index in [9.17, 15) is 14.4 Å². The Balaban J connectivity index is 1.80. The van der Waals surface area contributed by atoms with Gasteiger partial charge in [-0.15, -0.1) is 11.3 Å². The summed E-state index contributed by atoms with van der Waals surface area (Å²) in [5, 5.41) is 1.91. The Hall–Kier alpha value is -3.30. The van der Waals surface area contributed by atoms with Crippen molar-refractivity contribution in [1.29, 1.82) is 0 Å². The zero-order valence-corrected chi connectivity index (χ0v) is 20.7. The van der Waals surface area contributed by atoms with E-state index in [-0.39, 0.29) is 18.1 Å². The van der Waals surface area contributed by atoms with E-state index in [0.717, 1.165) is 22.5 Å². The molecule has 0 N–H and O–H groups in total. The summed E-state index contributed by atoms with van der Waals surface area (Å²) in [7, 11) is 0. The predicted octanol–water partition coefficient (Wildman–Crippen LogP) is 2.99. The number of amides is 1. The second kappa shape index (κ2) is 8.81. The van der Waals surface area contributed by atoms with Gasteiger partial charge >= 0.3 is 5.97 Å². The molecule has 1 aromatic carbocycles. The van der Waals surface area contributed by atoms with E-state index in [4.69, 9.17) is 4.74 Å². The average molecular weight is 494 g/mol. The van der Waals surface area contributed by atoms with Crippen molar-refractivity contribution in [2.24, 2.45) is 4.99 Å². The first kappa shape index (κ1) is 22.5. The van der Waals surface area contributed by atoms with Crippen LogP contribution in [0.2, 0.25) is 0 Å². The van der Waals surface area contributed by atoms with Gasteiger partial charge in [-0.25, -0.2) is 9.79 Å². The molecule has 0 fully saturated rings. The summed E-state index contributed by atoms with van der Waals surface area (Å²) in [4.78, 5) is 48.0. The molecule has 0 unspecified atom stereocenters. The normalized spacial score (nSPS) is 18.6. The molecule has 3 aromatic rings. The number of rotatable bonds is 5. The van der Waals surface area contributed by atoms with Crippen molar-refractivity contribution in [3.05, 3.63) is 83.2 Å². The molecule has 1 amide bonds. The van der Waals surface area contributed by atoms with Crippen molar-refractivity contribution in [3.63, 3.8) is 0 Å². The van der Waals surface area contributed by atoms with Crippen molar-refractivity contribution in [2.75, 3.05) is 18.1 Å². The second-order valence-corrected chi connectivity index (χ2v) is 9.94. The van der Waals surface area contributed by atoms with Crippen molar-refractivity contribution in [1.82, 2.24) is 4.57 Å². The predicted molar refractivity (Wildman–Crippen MR) is 133 cm³/mol. The molecule has 4 heterocycles. The third kappa shape index (κ3) is 3.38. The number of anilines is 1. The molecule has 0 radical (unpaired) electrons. The number of carbonyl (C=O) groups excluding carboxylic acids is 2. The lowest BCUT2D eigenvalue weighted by Crippen LogP contribution is -2.40. The van der Waals surface area contributed by atoms with Crippen LogP contribution in [0.1, 0.15) is 43.7 Å². The maximum absolute atomic E-state index is 13.9. The monoisotopic (exact) mass is 493 g/mol. The number of esters is 1. The Bertz CT molecular complexity index is 1510. The number of hydrogen-bond acceptors (Lipinski definition) is 7. The maximum Gasteiger partial charge on any atom is 0.338 e. The van der Waals surface area contributed by atoms with Gasteiger partial charge in [-0.2, -0.15) is 0 Å². The lowest BCUT2D eigenvalue weighted by Gasteiger charge is -2.23. The highest BCUT2D eigenvalue weighted by Gasteiger charge is 2.37. The van der Waals surface area contributed by atoms with Crippen LogP contribution in [0.15, 0.2) is 62.8 Å². The fourth-order valence-corrected chi connectivity index (χ4v) is 6.46. The van der Waals surface area contributed by atoms with E-state index in [0.29, 0.717) is 32.7 Å². The smallest absolute Gasteiger partial charge is 0.338 e. The Kier molecular flexibility index (Phi) is 5.83. The van der Waals surface area contributed by atoms with Crippen LogP contribution in [0.3, 0.4) is 0 Å². The van der Waals surface area contributed by atoms with Gasteiger partial charge in [-0.3, -0.25) is 14.2 Å². The Labute approximate surface area is 203 Å². The summed E-state index contributed by atoms with van der Waals surface area (Å²) in [6, 6.07) is 10.7. The molecule has 5 rings (SSSR count).